The summed E-state index contributed by atoms with van der Waals surface area (Å²) in [7, 11) is 2.01. The van der Waals surface area contributed by atoms with Crippen LogP contribution in [0.25, 0.3) is 0 Å². The molecule has 1 heterocycles. The summed E-state index contributed by atoms with van der Waals surface area (Å²) in [6.07, 6.45) is 4.92. The average Bonchev–Trinajstić information content (AvgIpc) is 2.75. The van der Waals surface area contributed by atoms with Crippen LogP contribution in [-0.4, -0.2) is 9.78 Å². The van der Waals surface area contributed by atoms with Crippen molar-refractivity contribution in [2.75, 3.05) is 0 Å². The largest absolute Gasteiger partial charge is 0.275 e. The normalized spacial score (nSPS) is 17.3. The van der Waals surface area contributed by atoms with E-state index >= 15 is 0 Å². The molecule has 1 saturated carbocycles. The van der Waals surface area contributed by atoms with Crippen molar-refractivity contribution in [2.24, 2.45) is 7.05 Å². The zero-order valence-corrected chi connectivity index (χ0v) is 8.04. The Morgan fingerprint density at radius 1 is 1.50 bits per heavy atom. The molecule has 0 aliphatic heterocycles. The molecule has 0 amide bonds. The van der Waals surface area contributed by atoms with Gasteiger partial charge in [-0.15, -0.1) is 0 Å². The van der Waals surface area contributed by atoms with Crippen LogP contribution in [0.15, 0.2) is 6.20 Å². The molecule has 1 aliphatic carbocycles. The van der Waals surface area contributed by atoms with Crippen LogP contribution >= 0.6 is 0 Å². The molecule has 1 fully saturated rings. The number of aromatic nitrogens is 2. The van der Waals surface area contributed by atoms with Crippen LogP contribution in [0.3, 0.4) is 0 Å². The summed E-state index contributed by atoms with van der Waals surface area (Å²) in [6, 6.07) is 0. The van der Waals surface area contributed by atoms with E-state index in [2.05, 4.69) is 25.1 Å². The first-order valence-corrected chi connectivity index (χ1v) is 4.72. The maximum Gasteiger partial charge on any atom is 0.0684 e. The zero-order chi connectivity index (χ0) is 8.72. The van der Waals surface area contributed by atoms with Gasteiger partial charge in [0.2, 0.25) is 0 Å². The summed E-state index contributed by atoms with van der Waals surface area (Å²) >= 11 is 0. The van der Waals surface area contributed by atoms with E-state index in [1.807, 2.05) is 11.7 Å². The molecule has 1 aromatic rings. The molecule has 12 heavy (non-hydrogen) atoms. The summed E-state index contributed by atoms with van der Waals surface area (Å²) in [5, 5.41) is 4.49. The van der Waals surface area contributed by atoms with Crippen LogP contribution in [-0.2, 0) is 7.05 Å². The molecule has 0 N–H and O–H groups in total. The molecule has 0 radical (unpaired) electrons. The number of hydrogen-bond donors (Lipinski definition) is 0. The van der Waals surface area contributed by atoms with Crippen molar-refractivity contribution >= 4 is 0 Å². The molecule has 0 saturated heterocycles. The van der Waals surface area contributed by atoms with E-state index in [1.165, 1.54) is 24.1 Å². The number of nitrogens with zero attached hydrogens (tertiary/aromatic N) is 2. The van der Waals surface area contributed by atoms with Crippen molar-refractivity contribution in [3.63, 3.8) is 0 Å². The fourth-order valence-corrected chi connectivity index (χ4v) is 1.68. The minimum absolute atomic E-state index is 0.571. The lowest BCUT2D eigenvalue weighted by atomic mass is 10.0. The van der Waals surface area contributed by atoms with Crippen molar-refractivity contribution in [3.8, 4) is 0 Å². The third kappa shape index (κ3) is 1.26. The van der Waals surface area contributed by atoms with Gasteiger partial charge in [0.05, 0.1) is 5.69 Å². The highest BCUT2D eigenvalue weighted by atomic mass is 15.3. The van der Waals surface area contributed by atoms with Gasteiger partial charge in [-0.25, -0.2) is 0 Å². The van der Waals surface area contributed by atoms with Crippen molar-refractivity contribution in [3.05, 3.63) is 17.5 Å². The Balaban J connectivity index is 2.36. The topological polar surface area (TPSA) is 17.8 Å². The summed E-state index contributed by atoms with van der Waals surface area (Å²) in [6.45, 7) is 4.43. The van der Waals surface area contributed by atoms with E-state index in [4.69, 9.17) is 0 Å². The predicted molar refractivity (Wildman–Crippen MR) is 49.3 cm³/mol. The Hall–Kier alpha value is -0.790. The molecule has 0 aromatic carbocycles. The number of rotatable bonds is 2. The maximum absolute atomic E-state index is 4.49. The average molecular weight is 164 g/mol. The van der Waals surface area contributed by atoms with E-state index in [0.29, 0.717) is 5.92 Å². The number of aryl methyl sites for hydroxylation is 1. The standard InChI is InChI=1S/C10H16N2/c1-7(2)10-9(8-4-5-8)6-12(3)11-10/h6-8H,4-5H2,1-3H3. The van der Waals surface area contributed by atoms with Gasteiger partial charge in [0, 0.05) is 13.2 Å². The summed E-state index contributed by atoms with van der Waals surface area (Å²) in [5.74, 6) is 1.40. The maximum atomic E-state index is 4.49. The Kier molecular flexibility index (Phi) is 1.71. The van der Waals surface area contributed by atoms with Gasteiger partial charge >= 0.3 is 0 Å². The Morgan fingerprint density at radius 3 is 2.67 bits per heavy atom. The predicted octanol–water partition coefficient (Wildman–Crippen LogP) is 2.42. The van der Waals surface area contributed by atoms with E-state index in [0.717, 1.165) is 5.92 Å². The second-order valence-corrected chi connectivity index (χ2v) is 4.07. The van der Waals surface area contributed by atoms with Crippen molar-refractivity contribution in [2.45, 2.75) is 38.5 Å². The molecule has 0 spiro atoms. The highest BCUT2D eigenvalue weighted by Crippen LogP contribution is 2.42. The number of hydrogen-bond acceptors (Lipinski definition) is 1. The minimum Gasteiger partial charge on any atom is -0.275 e. The van der Waals surface area contributed by atoms with Gasteiger partial charge in [-0.1, -0.05) is 13.8 Å². The SMILES string of the molecule is CC(C)c1nn(C)cc1C1CC1. The van der Waals surface area contributed by atoms with Gasteiger partial charge in [0.1, 0.15) is 0 Å². The van der Waals surface area contributed by atoms with E-state index in [1.54, 1.807) is 0 Å². The highest BCUT2D eigenvalue weighted by Gasteiger charge is 2.28. The van der Waals surface area contributed by atoms with E-state index < -0.39 is 0 Å². The summed E-state index contributed by atoms with van der Waals surface area (Å²) < 4.78 is 1.95. The fourth-order valence-electron chi connectivity index (χ4n) is 1.68. The zero-order valence-electron chi connectivity index (χ0n) is 8.04. The van der Waals surface area contributed by atoms with Crippen LogP contribution in [0.1, 0.15) is 49.8 Å². The van der Waals surface area contributed by atoms with Crippen LogP contribution in [0.5, 0.6) is 0 Å². The lowest BCUT2D eigenvalue weighted by Crippen LogP contribution is -1.94. The smallest absolute Gasteiger partial charge is 0.0684 e. The van der Waals surface area contributed by atoms with Crippen LogP contribution in [0.4, 0.5) is 0 Å². The third-order valence-corrected chi connectivity index (χ3v) is 2.45. The van der Waals surface area contributed by atoms with Crippen LogP contribution < -0.4 is 0 Å². The fraction of sp³-hybridized carbons (Fsp3) is 0.700. The van der Waals surface area contributed by atoms with E-state index in [-0.39, 0.29) is 0 Å². The second kappa shape index (κ2) is 2.61. The summed E-state index contributed by atoms with van der Waals surface area (Å²) in [5.41, 5.74) is 2.80. The molecule has 0 atom stereocenters. The molecule has 0 unspecified atom stereocenters. The van der Waals surface area contributed by atoms with Gasteiger partial charge in [-0.2, -0.15) is 5.10 Å². The van der Waals surface area contributed by atoms with Gasteiger partial charge < -0.3 is 0 Å². The Labute approximate surface area is 73.6 Å². The third-order valence-electron chi connectivity index (χ3n) is 2.45. The highest BCUT2D eigenvalue weighted by molar-refractivity contribution is 5.28. The van der Waals surface area contributed by atoms with Crippen LogP contribution in [0.2, 0.25) is 0 Å². The van der Waals surface area contributed by atoms with E-state index in [9.17, 15) is 0 Å². The molecule has 2 nitrogen and oxygen atoms in total. The monoisotopic (exact) mass is 164 g/mol. The molecular formula is C10H16N2. The lowest BCUT2D eigenvalue weighted by Gasteiger charge is -2.02. The first kappa shape index (κ1) is 7.84. The van der Waals surface area contributed by atoms with Crippen molar-refractivity contribution < 1.29 is 0 Å². The Bertz CT molecular complexity index is 263. The van der Waals surface area contributed by atoms with Crippen LogP contribution in [0, 0.1) is 0 Å². The molecule has 2 rings (SSSR count). The van der Waals surface area contributed by atoms with Gasteiger partial charge in [0.15, 0.2) is 0 Å². The molecule has 0 bridgehead atoms. The first-order valence-electron chi connectivity index (χ1n) is 4.72. The summed E-state index contributed by atoms with van der Waals surface area (Å²) in [4.78, 5) is 0. The molecular weight excluding hydrogens is 148 g/mol. The van der Waals surface area contributed by atoms with Crippen molar-refractivity contribution in [1.29, 1.82) is 0 Å². The minimum atomic E-state index is 0.571. The van der Waals surface area contributed by atoms with Crippen molar-refractivity contribution in [1.82, 2.24) is 9.78 Å². The lowest BCUT2D eigenvalue weighted by molar-refractivity contribution is 0.711. The Morgan fingerprint density at radius 2 is 2.17 bits per heavy atom. The molecule has 1 aliphatic rings. The molecule has 1 aromatic heterocycles. The van der Waals surface area contributed by atoms with Gasteiger partial charge in [-0.05, 0) is 30.2 Å². The van der Waals surface area contributed by atoms with Gasteiger partial charge in [0.25, 0.3) is 0 Å². The second-order valence-electron chi connectivity index (χ2n) is 4.07. The molecule has 2 heteroatoms. The molecule has 66 valence electrons. The quantitative estimate of drug-likeness (QED) is 0.656. The first-order chi connectivity index (χ1) is 5.68. The van der Waals surface area contributed by atoms with Gasteiger partial charge in [-0.3, -0.25) is 4.68 Å².